The van der Waals surface area contributed by atoms with E-state index in [0.717, 1.165) is 36.1 Å². The van der Waals surface area contributed by atoms with Gasteiger partial charge in [-0.2, -0.15) is 0 Å². The maximum absolute atomic E-state index is 14.7. The number of hydrogen-bond acceptors (Lipinski definition) is 8. The van der Waals surface area contributed by atoms with Crippen LogP contribution in [0.4, 0.5) is 9.18 Å². The lowest BCUT2D eigenvalue weighted by Gasteiger charge is -2.43. The molecule has 46 heavy (non-hydrogen) atoms. The Balaban J connectivity index is 0.00000116. The first-order chi connectivity index (χ1) is 22.3. The second-order valence-electron chi connectivity index (χ2n) is 11.1. The number of amidine groups is 1. The number of carbonyl (C=O) groups excluding carboxylic acids is 2. The summed E-state index contributed by atoms with van der Waals surface area (Å²) in [6.45, 7) is 16.3. The molecule has 250 valence electrons. The van der Waals surface area contributed by atoms with Gasteiger partial charge in [0, 0.05) is 60.6 Å². The Kier molecular flexibility index (Phi) is 12.4. The van der Waals surface area contributed by atoms with Crippen molar-refractivity contribution in [1.82, 2.24) is 25.0 Å². The fourth-order valence-corrected chi connectivity index (χ4v) is 7.13. The van der Waals surface area contributed by atoms with Crippen molar-refractivity contribution in [1.29, 1.82) is 0 Å². The van der Waals surface area contributed by atoms with Crippen molar-refractivity contribution < 1.29 is 18.7 Å². The van der Waals surface area contributed by atoms with Gasteiger partial charge >= 0.3 is 12.0 Å². The number of nitrogens with one attached hydrogen (secondary N) is 1. The van der Waals surface area contributed by atoms with Crippen LogP contribution < -0.4 is 5.32 Å². The van der Waals surface area contributed by atoms with Crippen molar-refractivity contribution in [2.45, 2.75) is 84.5 Å². The number of aliphatic imine (C=N–C) groups is 1. The molecule has 2 amide bonds. The van der Waals surface area contributed by atoms with E-state index >= 15 is 0 Å². The minimum Gasteiger partial charge on any atom is -0.468 e. The lowest BCUT2D eigenvalue weighted by molar-refractivity contribution is -0.150. The molecule has 2 saturated heterocycles. The first kappa shape index (κ1) is 35.6. The third-order valence-electron chi connectivity index (χ3n) is 8.42. The van der Waals surface area contributed by atoms with Crippen LogP contribution in [0, 0.1) is 5.82 Å². The zero-order valence-corrected chi connectivity index (χ0v) is 29.3. The SMILES string of the molecule is C=C(CCC)C1=C(CN2CCN3C(=O)N(C4CC4)CC3[C@@H]2C(=O)OC)NC(c2nccs2)=N[C@H]1c1cccc(F)c1Cl.CC.CC. The minimum absolute atomic E-state index is 0.00192. The van der Waals surface area contributed by atoms with Gasteiger partial charge in [0.1, 0.15) is 17.9 Å². The molecule has 4 heterocycles. The van der Waals surface area contributed by atoms with Crippen molar-refractivity contribution in [2.24, 2.45) is 4.99 Å². The van der Waals surface area contributed by atoms with Crippen LogP contribution in [-0.4, -0.2) is 88.9 Å². The smallest absolute Gasteiger partial charge is 0.325 e. The summed E-state index contributed by atoms with van der Waals surface area (Å²) >= 11 is 7.98. The van der Waals surface area contributed by atoms with Gasteiger partial charge in [-0.15, -0.1) is 11.3 Å². The normalized spacial score (nSPS) is 22.6. The van der Waals surface area contributed by atoms with Gasteiger partial charge < -0.3 is 19.9 Å². The number of urea groups is 1. The molecule has 4 aliphatic rings. The molecule has 1 unspecified atom stereocenters. The molecule has 1 N–H and O–H groups in total. The van der Waals surface area contributed by atoms with Crippen molar-refractivity contribution in [3.63, 3.8) is 0 Å². The van der Waals surface area contributed by atoms with Gasteiger partial charge in [-0.05, 0) is 30.9 Å². The van der Waals surface area contributed by atoms with E-state index < -0.39 is 17.9 Å². The number of fused-ring (bicyclic) bond motifs is 1. The van der Waals surface area contributed by atoms with Gasteiger partial charge in [-0.1, -0.05) is 71.4 Å². The van der Waals surface area contributed by atoms with Crippen LogP contribution in [-0.2, 0) is 9.53 Å². The average Bonchev–Trinajstić information content (AvgIpc) is 3.65. The number of amides is 2. The number of hydrogen-bond donors (Lipinski definition) is 1. The monoisotopic (exact) mass is 672 g/mol. The highest BCUT2D eigenvalue weighted by Crippen LogP contribution is 2.41. The number of benzene rings is 1. The summed E-state index contributed by atoms with van der Waals surface area (Å²) in [6.07, 6.45) is 5.27. The predicted octanol–water partition coefficient (Wildman–Crippen LogP) is 6.82. The summed E-state index contributed by atoms with van der Waals surface area (Å²) in [7, 11) is 1.39. The number of thiazole rings is 1. The molecule has 1 aliphatic carbocycles. The first-order valence-corrected chi connectivity index (χ1v) is 17.6. The third-order valence-corrected chi connectivity index (χ3v) is 9.60. The number of rotatable bonds is 9. The molecule has 12 heteroatoms. The van der Waals surface area contributed by atoms with E-state index in [2.05, 4.69) is 28.7 Å². The van der Waals surface area contributed by atoms with Gasteiger partial charge in [0.15, 0.2) is 10.8 Å². The molecule has 1 aromatic carbocycles. The summed E-state index contributed by atoms with van der Waals surface area (Å²) in [5.74, 6) is -0.352. The Bertz CT molecular complexity index is 1460. The molecule has 0 spiro atoms. The van der Waals surface area contributed by atoms with E-state index in [4.69, 9.17) is 21.3 Å². The van der Waals surface area contributed by atoms with Crippen LogP contribution in [0.25, 0.3) is 0 Å². The fraction of sp³-hybridized carbons (Fsp3) is 0.529. The molecule has 1 aromatic heterocycles. The Hall–Kier alpha value is -3.28. The maximum Gasteiger partial charge on any atom is 0.325 e. The van der Waals surface area contributed by atoms with Gasteiger partial charge in [0.25, 0.3) is 0 Å². The molecule has 3 aliphatic heterocycles. The zero-order valence-electron chi connectivity index (χ0n) is 27.7. The molecule has 1 saturated carbocycles. The van der Waals surface area contributed by atoms with E-state index in [1.165, 1.54) is 24.5 Å². The molecule has 0 radical (unpaired) electrons. The van der Waals surface area contributed by atoms with E-state index in [9.17, 15) is 14.0 Å². The summed E-state index contributed by atoms with van der Waals surface area (Å²) in [5.41, 5.74) is 3.01. The van der Waals surface area contributed by atoms with Crippen LogP contribution >= 0.6 is 22.9 Å². The van der Waals surface area contributed by atoms with E-state index in [0.29, 0.717) is 49.0 Å². The lowest BCUT2D eigenvalue weighted by atomic mass is 9.88. The number of carbonyl (C=O) groups is 2. The van der Waals surface area contributed by atoms with Crippen LogP contribution in [0.3, 0.4) is 0 Å². The number of ether oxygens (including phenoxy) is 1. The Morgan fingerprint density at radius 3 is 2.57 bits per heavy atom. The standard InChI is InChI=1S/C30H34ClFN6O3S.2C2H6/c1-4-6-17(2)23-21(34-27(28-33-11-14-42-28)35-25(23)19-7-5-8-20(32)24(19)31)15-36-12-13-37-22(26(36)29(39)41-3)16-38(30(37)40)18-9-10-18;2*1-2/h5,7-8,11,14,18,22,25-26H,2,4,6,9-10,12-13,15-16H2,1,3H3,(H,34,35);2*1-2H3/t22?,25-,26+;;/m0../s1. The van der Waals surface area contributed by atoms with Crippen LogP contribution in [0.1, 0.15) is 76.9 Å². The molecule has 0 bridgehead atoms. The second-order valence-corrected chi connectivity index (χ2v) is 12.4. The molecule has 6 rings (SSSR count). The first-order valence-electron chi connectivity index (χ1n) is 16.3. The Morgan fingerprint density at radius 1 is 1.20 bits per heavy atom. The number of esters is 1. The van der Waals surface area contributed by atoms with Crippen LogP contribution in [0.5, 0.6) is 0 Å². The van der Waals surface area contributed by atoms with Crippen molar-refractivity contribution >= 4 is 40.8 Å². The molecule has 2 aromatic rings. The van der Waals surface area contributed by atoms with Gasteiger partial charge in [0.2, 0.25) is 0 Å². The summed E-state index contributed by atoms with van der Waals surface area (Å²) in [4.78, 5) is 41.8. The van der Waals surface area contributed by atoms with Gasteiger partial charge in [-0.25, -0.2) is 14.2 Å². The van der Waals surface area contributed by atoms with Gasteiger partial charge in [0.05, 0.1) is 18.2 Å². The summed E-state index contributed by atoms with van der Waals surface area (Å²) < 4.78 is 20.0. The topological polar surface area (TPSA) is 90.4 Å². The average molecular weight is 673 g/mol. The predicted molar refractivity (Wildman–Crippen MR) is 183 cm³/mol. The van der Waals surface area contributed by atoms with Gasteiger partial charge in [-0.3, -0.25) is 14.7 Å². The summed E-state index contributed by atoms with van der Waals surface area (Å²) in [5, 5.41) is 6.07. The maximum atomic E-state index is 14.7. The number of nitrogens with zero attached hydrogens (tertiary/aromatic N) is 5. The quantitative estimate of drug-likeness (QED) is 0.294. The van der Waals surface area contributed by atoms with E-state index in [1.807, 2.05) is 42.9 Å². The van der Waals surface area contributed by atoms with Crippen molar-refractivity contribution in [3.8, 4) is 0 Å². The van der Waals surface area contributed by atoms with Crippen LogP contribution in [0.2, 0.25) is 5.02 Å². The Labute approximate surface area is 281 Å². The molecular formula is C34H46ClFN6O3S. The number of methoxy groups -OCH3 is 1. The largest absolute Gasteiger partial charge is 0.468 e. The number of halogens is 2. The second kappa shape index (κ2) is 16.0. The highest BCUT2D eigenvalue weighted by molar-refractivity contribution is 7.11. The highest BCUT2D eigenvalue weighted by Gasteiger charge is 2.52. The lowest BCUT2D eigenvalue weighted by Crippen LogP contribution is -2.62. The molecule has 3 atom stereocenters. The van der Waals surface area contributed by atoms with Crippen molar-refractivity contribution in [2.75, 3.05) is 33.3 Å². The number of aromatic nitrogens is 1. The molecule has 3 fully saturated rings. The zero-order chi connectivity index (χ0) is 33.5. The number of piperazine rings is 1. The Morgan fingerprint density at radius 2 is 1.93 bits per heavy atom. The van der Waals surface area contributed by atoms with Crippen LogP contribution in [0.15, 0.2) is 58.2 Å². The summed E-state index contributed by atoms with van der Waals surface area (Å²) in [6, 6.07) is 3.42. The van der Waals surface area contributed by atoms with E-state index in [1.54, 1.807) is 18.3 Å². The van der Waals surface area contributed by atoms with Crippen molar-refractivity contribution in [3.05, 3.63) is 74.6 Å². The molecule has 9 nitrogen and oxygen atoms in total. The minimum atomic E-state index is -0.648. The third kappa shape index (κ3) is 7.16. The fourth-order valence-electron chi connectivity index (χ4n) is 6.31. The van der Waals surface area contributed by atoms with E-state index in [-0.39, 0.29) is 29.1 Å². The highest BCUT2D eigenvalue weighted by atomic mass is 35.5. The molecular weight excluding hydrogens is 627 g/mol.